The van der Waals surface area contributed by atoms with Crippen molar-refractivity contribution in [1.82, 2.24) is 10.2 Å². The highest BCUT2D eigenvalue weighted by Crippen LogP contribution is 2.40. The summed E-state index contributed by atoms with van der Waals surface area (Å²) in [5.74, 6) is -0.120. The van der Waals surface area contributed by atoms with Crippen molar-refractivity contribution in [2.75, 3.05) is 13.6 Å². The van der Waals surface area contributed by atoms with Gasteiger partial charge in [0.25, 0.3) is 5.91 Å². The van der Waals surface area contributed by atoms with Crippen LogP contribution in [0.2, 0.25) is 0 Å². The van der Waals surface area contributed by atoms with Crippen molar-refractivity contribution in [1.29, 1.82) is 0 Å². The summed E-state index contributed by atoms with van der Waals surface area (Å²) in [6, 6.07) is 14.0. The van der Waals surface area contributed by atoms with Crippen LogP contribution in [0.4, 0.5) is 13.2 Å². The number of hydrogen-bond donors (Lipinski definition) is 1. The number of alkyl halides is 3. The molecule has 0 bridgehead atoms. The predicted octanol–water partition coefficient (Wildman–Crippen LogP) is 5.69. The molecule has 1 N–H and O–H groups in total. The van der Waals surface area contributed by atoms with Gasteiger partial charge < -0.3 is 5.32 Å². The van der Waals surface area contributed by atoms with Crippen molar-refractivity contribution in [2.45, 2.75) is 50.9 Å². The number of carbonyl (C=O) groups excluding carboxylic acids is 1. The van der Waals surface area contributed by atoms with Crippen LogP contribution >= 0.6 is 0 Å². The number of hydrogen-bond acceptors (Lipinski definition) is 2. The van der Waals surface area contributed by atoms with Gasteiger partial charge in [0, 0.05) is 12.1 Å². The van der Waals surface area contributed by atoms with Gasteiger partial charge in [-0.1, -0.05) is 55.8 Å². The highest BCUT2D eigenvalue weighted by Gasteiger charge is 2.44. The lowest BCUT2D eigenvalue weighted by molar-refractivity contribution is -0.137. The lowest BCUT2D eigenvalue weighted by Gasteiger charge is -2.50. The maximum atomic E-state index is 13.5. The number of benzene rings is 2. The lowest BCUT2D eigenvalue weighted by Crippen LogP contribution is -2.57. The Morgan fingerprint density at radius 3 is 2.40 bits per heavy atom. The molecule has 0 aliphatic carbocycles. The number of carbonyl (C=O) groups is 1. The zero-order valence-corrected chi connectivity index (χ0v) is 17.7. The van der Waals surface area contributed by atoms with Gasteiger partial charge in [0.2, 0.25) is 0 Å². The molecule has 1 saturated heterocycles. The fourth-order valence-corrected chi connectivity index (χ4v) is 4.45. The van der Waals surface area contributed by atoms with E-state index < -0.39 is 29.2 Å². The van der Waals surface area contributed by atoms with E-state index in [1.165, 1.54) is 18.2 Å². The molecule has 0 aromatic heterocycles. The SMILES string of the molecule is CCC1CCC(C)([C@H](NC(=O)c2ccccc2C(F)(F)F)c2ccccc2)N(C)C1. The number of likely N-dealkylation sites (tertiary alicyclic amines) is 1. The van der Waals surface area contributed by atoms with Gasteiger partial charge in [-0.05, 0) is 50.4 Å². The van der Waals surface area contributed by atoms with Crippen molar-refractivity contribution in [2.24, 2.45) is 5.92 Å². The Labute approximate surface area is 176 Å². The smallest absolute Gasteiger partial charge is 0.343 e. The molecule has 0 saturated carbocycles. The molecule has 3 atom stereocenters. The van der Waals surface area contributed by atoms with Crippen molar-refractivity contribution >= 4 is 5.91 Å². The zero-order chi connectivity index (χ0) is 21.9. The van der Waals surface area contributed by atoms with E-state index in [1.807, 2.05) is 37.4 Å². The van der Waals surface area contributed by atoms with Gasteiger partial charge in [0.05, 0.1) is 17.2 Å². The molecule has 1 heterocycles. The standard InChI is InChI=1S/C24H29F3N2O/c1-4-17-14-15-23(2,29(3)16-17)21(18-10-6-5-7-11-18)28-22(30)19-12-8-9-13-20(19)24(25,26)27/h5-13,17,21H,4,14-16H2,1-3H3,(H,28,30)/t17?,21-,23?/m1/s1. The minimum atomic E-state index is -4.59. The molecule has 30 heavy (non-hydrogen) atoms. The molecule has 0 radical (unpaired) electrons. The molecule has 1 aliphatic rings. The fraction of sp³-hybridized carbons (Fsp3) is 0.458. The minimum absolute atomic E-state index is 0.348. The normalized spacial score (nSPS) is 23.7. The van der Waals surface area contributed by atoms with E-state index in [9.17, 15) is 18.0 Å². The number of likely N-dealkylation sites (N-methyl/N-ethyl adjacent to an activating group) is 1. The molecule has 1 aliphatic heterocycles. The third-order valence-electron chi connectivity index (χ3n) is 6.55. The Morgan fingerprint density at radius 2 is 1.80 bits per heavy atom. The number of halogens is 3. The molecule has 6 heteroatoms. The first kappa shape index (κ1) is 22.3. The Balaban J connectivity index is 1.97. The number of nitrogens with one attached hydrogen (secondary N) is 1. The number of amides is 1. The number of rotatable bonds is 5. The Kier molecular flexibility index (Phi) is 6.56. The summed E-state index contributed by atoms with van der Waals surface area (Å²) in [5.41, 5.74) is -0.780. The quantitative estimate of drug-likeness (QED) is 0.677. The summed E-state index contributed by atoms with van der Waals surface area (Å²) >= 11 is 0. The molecule has 1 amide bonds. The first-order valence-corrected chi connectivity index (χ1v) is 10.4. The topological polar surface area (TPSA) is 32.3 Å². The molecule has 3 rings (SSSR count). The Hall–Kier alpha value is -2.34. The highest BCUT2D eigenvalue weighted by molar-refractivity contribution is 5.96. The summed E-state index contributed by atoms with van der Waals surface area (Å²) in [5, 5.41) is 2.95. The molecular weight excluding hydrogens is 389 g/mol. The zero-order valence-electron chi connectivity index (χ0n) is 17.7. The van der Waals surface area contributed by atoms with Gasteiger partial charge in [-0.3, -0.25) is 9.69 Å². The number of piperidine rings is 1. The molecule has 2 aromatic rings. The van der Waals surface area contributed by atoms with Gasteiger partial charge in [0.15, 0.2) is 0 Å². The van der Waals surface area contributed by atoms with E-state index in [0.29, 0.717) is 5.92 Å². The van der Waals surface area contributed by atoms with Gasteiger partial charge in [-0.25, -0.2) is 0 Å². The molecular formula is C24H29F3N2O. The molecule has 162 valence electrons. The Morgan fingerprint density at radius 1 is 1.17 bits per heavy atom. The van der Waals surface area contributed by atoms with Crippen LogP contribution < -0.4 is 5.32 Å². The van der Waals surface area contributed by atoms with E-state index in [0.717, 1.165) is 37.4 Å². The van der Waals surface area contributed by atoms with Crippen LogP contribution in [-0.2, 0) is 6.18 Å². The van der Waals surface area contributed by atoms with Crippen molar-refractivity contribution < 1.29 is 18.0 Å². The molecule has 3 nitrogen and oxygen atoms in total. The van der Waals surface area contributed by atoms with E-state index in [2.05, 4.69) is 24.1 Å². The highest BCUT2D eigenvalue weighted by atomic mass is 19.4. The minimum Gasteiger partial charge on any atom is -0.343 e. The van der Waals surface area contributed by atoms with Gasteiger partial charge >= 0.3 is 6.18 Å². The maximum absolute atomic E-state index is 13.5. The largest absolute Gasteiger partial charge is 0.417 e. The monoisotopic (exact) mass is 418 g/mol. The van der Waals surface area contributed by atoms with E-state index in [-0.39, 0.29) is 5.56 Å². The van der Waals surface area contributed by atoms with Gasteiger partial charge in [0.1, 0.15) is 0 Å². The molecule has 2 aromatic carbocycles. The molecule has 2 unspecified atom stereocenters. The van der Waals surface area contributed by atoms with Crippen LogP contribution in [0.1, 0.15) is 60.6 Å². The fourth-order valence-electron chi connectivity index (χ4n) is 4.45. The average molecular weight is 419 g/mol. The van der Waals surface area contributed by atoms with Crippen LogP contribution in [-0.4, -0.2) is 29.9 Å². The first-order valence-electron chi connectivity index (χ1n) is 10.4. The van der Waals surface area contributed by atoms with Crippen LogP contribution in [0.3, 0.4) is 0 Å². The maximum Gasteiger partial charge on any atom is 0.417 e. The van der Waals surface area contributed by atoms with Gasteiger partial charge in [-0.15, -0.1) is 0 Å². The summed E-state index contributed by atoms with van der Waals surface area (Å²) in [6.45, 7) is 5.16. The predicted molar refractivity (Wildman–Crippen MR) is 112 cm³/mol. The van der Waals surface area contributed by atoms with Crippen LogP contribution in [0, 0.1) is 5.92 Å². The lowest BCUT2D eigenvalue weighted by atomic mass is 9.75. The second-order valence-electron chi connectivity index (χ2n) is 8.41. The summed E-state index contributed by atoms with van der Waals surface area (Å²) in [7, 11) is 2.04. The first-order chi connectivity index (χ1) is 14.2. The van der Waals surface area contributed by atoms with E-state index >= 15 is 0 Å². The van der Waals surface area contributed by atoms with Gasteiger partial charge in [-0.2, -0.15) is 13.2 Å². The third kappa shape index (κ3) is 4.53. The van der Waals surface area contributed by atoms with Crippen LogP contribution in [0.5, 0.6) is 0 Å². The van der Waals surface area contributed by atoms with Crippen molar-refractivity contribution in [3.8, 4) is 0 Å². The second-order valence-corrected chi connectivity index (χ2v) is 8.41. The summed E-state index contributed by atoms with van der Waals surface area (Å²) in [4.78, 5) is 15.3. The second kappa shape index (κ2) is 8.80. The van der Waals surface area contributed by atoms with E-state index in [1.54, 1.807) is 0 Å². The Bertz CT molecular complexity index is 868. The summed E-state index contributed by atoms with van der Waals surface area (Å²) < 4.78 is 40.4. The van der Waals surface area contributed by atoms with E-state index in [4.69, 9.17) is 0 Å². The van der Waals surface area contributed by atoms with Crippen molar-refractivity contribution in [3.05, 3.63) is 71.3 Å². The number of nitrogens with zero attached hydrogens (tertiary/aromatic N) is 1. The van der Waals surface area contributed by atoms with Crippen molar-refractivity contribution in [3.63, 3.8) is 0 Å². The molecule has 0 spiro atoms. The van der Waals surface area contributed by atoms with Crippen LogP contribution in [0.25, 0.3) is 0 Å². The van der Waals surface area contributed by atoms with Crippen LogP contribution in [0.15, 0.2) is 54.6 Å². The summed E-state index contributed by atoms with van der Waals surface area (Å²) in [6.07, 6.45) is -1.63. The molecule has 1 fully saturated rings. The average Bonchev–Trinajstić information content (AvgIpc) is 2.73. The third-order valence-corrected chi connectivity index (χ3v) is 6.55.